The van der Waals surface area contributed by atoms with Gasteiger partial charge in [0.15, 0.2) is 0 Å². The molecule has 0 saturated carbocycles. The summed E-state index contributed by atoms with van der Waals surface area (Å²) in [7, 11) is 0. The zero-order valence-electron chi connectivity index (χ0n) is 28.2. The maximum Gasteiger partial charge on any atom is 0.0468 e. The SMILES string of the molecule is CC(C)(C)c1ccc(-c2ccc3cc4c(cc3c2)-c2cc3cc(N(c5ccccc5)c5ccc(C(C)(C)C)cc5)ccc3cc2-4)cc1. The summed E-state index contributed by atoms with van der Waals surface area (Å²) >= 11 is 0. The summed E-state index contributed by atoms with van der Waals surface area (Å²) in [5.74, 6) is 0. The van der Waals surface area contributed by atoms with E-state index in [0.717, 1.165) is 17.1 Å². The summed E-state index contributed by atoms with van der Waals surface area (Å²) in [5.41, 5.74) is 14.3. The number of hydrogen-bond acceptors (Lipinski definition) is 1. The molecule has 0 bridgehead atoms. The number of fused-ring (bicyclic) bond motifs is 6. The van der Waals surface area contributed by atoms with Gasteiger partial charge >= 0.3 is 0 Å². The molecule has 7 aromatic rings. The molecule has 7 aromatic carbocycles. The number of rotatable bonds is 4. The van der Waals surface area contributed by atoms with Crippen LogP contribution in [0.2, 0.25) is 0 Å². The fraction of sp³-hybridized carbons (Fsp3) is 0.174. The molecule has 0 aliphatic heterocycles. The third-order valence-corrected chi connectivity index (χ3v) is 9.87. The molecule has 0 aromatic heterocycles. The van der Waals surface area contributed by atoms with Crippen LogP contribution in [0, 0.1) is 0 Å². The van der Waals surface area contributed by atoms with Crippen molar-refractivity contribution in [2.24, 2.45) is 0 Å². The Bertz CT molecular complexity index is 2280. The lowest BCUT2D eigenvalue weighted by Gasteiger charge is -2.28. The van der Waals surface area contributed by atoms with E-state index < -0.39 is 0 Å². The van der Waals surface area contributed by atoms with Crippen LogP contribution < -0.4 is 4.90 Å². The minimum absolute atomic E-state index is 0.113. The summed E-state index contributed by atoms with van der Waals surface area (Å²) in [6, 6.07) is 52.1. The van der Waals surface area contributed by atoms with E-state index >= 15 is 0 Å². The topological polar surface area (TPSA) is 3.24 Å². The first-order valence-corrected chi connectivity index (χ1v) is 16.8. The lowest BCUT2D eigenvalue weighted by molar-refractivity contribution is 0.590. The largest absolute Gasteiger partial charge is 0.310 e. The summed E-state index contributed by atoms with van der Waals surface area (Å²) in [4.78, 5) is 2.36. The van der Waals surface area contributed by atoms with Crippen molar-refractivity contribution in [1.82, 2.24) is 0 Å². The van der Waals surface area contributed by atoms with Crippen LogP contribution in [0.4, 0.5) is 17.1 Å². The van der Waals surface area contributed by atoms with Crippen molar-refractivity contribution in [3.8, 4) is 33.4 Å². The molecule has 0 spiro atoms. The first-order chi connectivity index (χ1) is 22.5. The minimum atomic E-state index is 0.113. The van der Waals surface area contributed by atoms with Gasteiger partial charge in [0.05, 0.1) is 0 Å². The number of anilines is 3. The molecule has 0 unspecified atom stereocenters. The molecule has 0 N–H and O–H groups in total. The van der Waals surface area contributed by atoms with Crippen LogP contribution >= 0.6 is 0 Å². The van der Waals surface area contributed by atoms with E-state index in [2.05, 4.69) is 186 Å². The van der Waals surface area contributed by atoms with Crippen molar-refractivity contribution in [3.05, 3.63) is 151 Å². The first kappa shape index (κ1) is 29.3. The molecule has 8 rings (SSSR count). The molecule has 0 heterocycles. The average molecular weight is 608 g/mol. The van der Waals surface area contributed by atoms with Gasteiger partial charge in [0.2, 0.25) is 0 Å². The number of hydrogen-bond donors (Lipinski definition) is 0. The summed E-state index contributed by atoms with van der Waals surface area (Å²) < 4.78 is 0. The zero-order valence-corrected chi connectivity index (χ0v) is 28.2. The van der Waals surface area contributed by atoms with Crippen molar-refractivity contribution in [3.63, 3.8) is 0 Å². The van der Waals surface area contributed by atoms with Gasteiger partial charge < -0.3 is 4.90 Å². The third-order valence-electron chi connectivity index (χ3n) is 9.87. The van der Waals surface area contributed by atoms with Gasteiger partial charge in [0.25, 0.3) is 0 Å². The Morgan fingerprint density at radius 1 is 0.340 bits per heavy atom. The molecular formula is C46H41N. The fourth-order valence-electron chi connectivity index (χ4n) is 7.03. The Hall–Kier alpha value is -5.14. The standard InChI is InChI=1S/C46H41N/c1-45(2,3)36-17-14-30(15-18-36)31-12-13-32-26-41-42-27-33-16-21-40(25-35(33)29-44(42)43(41)28-34(32)24-31)47(38-10-8-7-9-11-38)39-22-19-37(20-23-39)46(4,5)6/h7-29H,1-6H3. The quantitative estimate of drug-likeness (QED) is 0.192. The molecule has 230 valence electrons. The van der Waals surface area contributed by atoms with Crippen molar-refractivity contribution in [2.75, 3.05) is 4.90 Å². The molecule has 1 aliphatic rings. The monoisotopic (exact) mass is 607 g/mol. The minimum Gasteiger partial charge on any atom is -0.310 e. The van der Waals surface area contributed by atoms with Gasteiger partial charge in [0.1, 0.15) is 0 Å². The highest BCUT2D eigenvalue weighted by molar-refractivity contribution is 6.12. The van der Waals surface area contributed by atoms with Crippen LogP contribution in [0.25, 0.3) is 54.9 Å². The molecular weight excluding hydrogens is 567 g/mol. The van der Waals surface area contributed by atoms with Gasteiger partial charge in [-0.05, 0) is 144 Å². The van der Waals surface area contributed by atoms with Crippen LogP contribution in [-0.2, 0) is 10.8 Å². The highest BCUT2D eigenvalue weighted by Crippen LogP contribution is 2.51. The molecule has 0 atom stereocenters. The van der Waals surface area contributed by atoms with Crippen LogP contribution in [0.5, 0.6) is 0 Å². The molecule has 1 aliphatic carbocycles. The second kappa shape index (κ2) is 10.7. The molecule has 1 nitrogen and oxygen atoms in total. The Balaban J connectivity index is 1.17. The van der Waals surface area contributed by atoms with E-state index in [1.807, 2.05) is 0 Å². The van der Waals surface area contributed by atoms with E-state index in [0.29, 0.717) is 0 Å². The Kier molecular flexibility index (Phi) is 6.67. The van der Waals surface area contributed by atoms with E-state index in [9.17, 15) is 0 Å². The van der Waals surface area contributed by atoms with Crippen LogP contribution in [0.3, 0.4) is 0 Å². The predicted octanol–water partition coefficient (Wildman–Crippen LogP) is 13.4. The summed E-state index contributed by atoms with van der Waals surface area (Å²) in [5, 5.41) is 5.10. The second-order valence-electron chi connectivity index (χ2n) is 15.2. The van der Waals surface area contributed by atoms with Crippen molar-refractivity contribution in [1.29, 1.82) is 0 Å². The predicted molar refractivity (Wildman–Crippen MR) is 203 cm³/mol. The van der Waals surface area contributed by atoms with Crippen molar-refractivity contribution in [2.45, 2.75) is 52.4 Å². The molecule has 0 amide bonds. The highest BCUT2D eigenvalue weighted by atomic mass is 15.1. The van der Waals surface area contributed by atoms with Gasteiger partial charge in [-0.15, -0.1) is 0 Å². The maximum absolute atomic E-state index is 2.39. The van der Waals surface area contributed by atoms with E-state index in [4.69, 9.17) is 0 Å². The molecule has 47 heavy (non-hydrogen) atoms. The van der Waals surface area contributed by atoms with Gasteiger partial charge in [-0.25, -0.2) is 0 Å². The number of benzene rings is 7. The fourth-order valence-corrected chi connectivity index (χ4v) is 7.03. The maximum atomic E-state index is 2.39. The lowest BCUT2D eigenvalue weighted by Crippen LogP contribution is -2.13. The zero-order chi connectivity index (χ0) is 32.5. The summed E-state index contributed by atoms with van der Waals surface area (Å²) in [6.07, 6.45) is 0. The average Bonchev–Trinajstić information content (AvgIpc) is 3.06. The molecule has 0 radical (unpaired) electrons. The van der Waals surface area contributed by atoms with Crippen molar-refractivity contribution < 1.29 is 0 Å². The summed E-state index contributed by atoms with van der Waals surface area (Å²) in [6.45, 7) is 13.6. The third kappa shape index (κ3) is 5.21. The Morgan fingerprint density at radius 2 is 0.766 bits per heavy atom. The number of nitrogens with zero attached hydrogens (tertiary/aromatic N) is 1. The lowest BCUT2D eigenvalue weighted by atomic mass is 9.77. The van der Waals surface area contributed by atoms with Gasteiger partial charge in [-0.1, -0.05) is 114 Å². The Morgan fingerprint density at radius 3 is 1.32 bits per heavy atom. The van der Waals surface area contributed by atoms with Crippen LogP contribution in [0.15, 0.2) is 140 Å². The highest BCUT2D eigenvalue weighted by Gasteiger charge is 2.24. The van der Waals surface area contributed by atoms with E-state index in [1.54, 1.807) is 0 Å². The molecule has 0 saturated heterocycles. The van der Waals surface area contributed by atoms with Crippen molar-refractivity contribution >= 4 is 38.6 Å². The smallest absolute Gasteiger partial charge is 0.0468 e. The normalized spacial score (nSPS) is 12.5. The second-order valence-corrected chi connectivity index (χ2v) is 15.2. The van der Waals surface area contributed by atoms with Gasteiger partial charge in [-0.3, -0.25) is 0 Å². The van der Waals surface area contributed by atoms with Gasteiger partial charge in [0, 0.05) is 17.1 Å². The van der Waals surface area contributed by atoms with Crippen LogP contribution in [0.1, 0.15) is 52.7 Å². The molecule has 1 heteroatoms. The van der Waals surface area contributed by atoms with Crippen LogP contribution in [-0.4, -0.2) is 0 Å². The van der Waals surface area contributed by atoms with E-state index in [-0.39, 0.29) is 10.8 Å². The first-order valence-electron chi connectivity index (χ1n) is 16.8. The molecule has 0 fully saturated rings. The van der Waals surface area contributed by atoms with Gasteiger partial charge in [-0.2, -0.15) is 0 Å². The van der Waals surface area contributed by atoms with E-state index in [1.165, 1.54) is 66.1 Å². The Labute approximate surface area is 279 Å². The number of para-hydroxylation sites is 1.